The fourth-order valence-corrected chi connectivity index (χ4v) is 5.54. The Morgan fingerprint density at radius 2 is 1.70 bits per heavy atom. The molecule has 1 heterocycles. The average Bonchev–Trinajstić information content (AvgIpc) is 2.87. The number of hydrogen-bond donors (Lipinski definition) is 0. The van der Waals surface area contributed by atoms with Crippen molar-refractivity contribution in [2.24, 2.45) is 0 Å². The molecule has 3 nitrogen and oxygen atoms in total. The Morgan fingerprint density at radius 1 is 1.03 bits per heavy atom. The van der Waals surface area contributed by atoms with Crippen molar-refractivity contribution >= 4 is 0 Å². The molecule has 37 heavy (non-hydrogen) atoms. The van der Waals surface area contributed by atoms with Crippen LogP contribution in [0, 0.1) is 0 Å². The Balaban J connectivity index is 1.85. The van der Waals surface area contributed by atoms with Gasteiger partial charge in [-0.05, 0) is 75.3 Å². The molecule has 0 aliphatic heterocycles. The van der Waals surface area contributed by atoms with E-state index < -0.39 is 11.9 Å². The lowest BCUT2D eigenvalue weighted by Crippen LogP contribution is -2.29. The second-order valence-electron chi connectivity index (χ2n) is 10.2. The van der Waals surface area contributed by atoms with E-state index in [9.17, 15) is 13.2 Å². The predicted octanol–water partition coefficient (Wildman–Crippen LogP) is 8.19. The summed E-state index contributed by atoms with van der Waals surface area (Å²) in [5.74, 6) is 0.260. The van der Waals surface area contributed by atoms with E-state index >= 15 is 0 Å². The number of hydrogen-bond acceptors (Lipinski definition) is 3. The number of pyridine rings is 1. The zero-order chi connectivity index (χ0) is 26.7. The summed E-state index contributed by atoms with van der Waals surface area (Å²) in [5.41, 5.74) is 4.80. The molecule has 0 saturated carbocycles. The van der Waals surface area contributed by atoms with Gasteiger partial charge in [-0.1, -0.05) is 56.3 Å². The first-order chi connectivity index (χ1) is 17.6. The molecule has 3 aromatic rings. The van der Waals surface area contributed by atoms with Crippen LogP contribution in [0.4, 0.5) is 13.2 Å². The molecule has 198 valence electrons. The number of rotatable bonds is 8. The third-order valence-electron chi connectivity index (χ3n) is 7.25. The van der Waals surface area contributed by atoms with Crippen molar-refractivity contribution in [2.75, 3.05) is 7.05 Å². The number of aromatic nitrogens is 1. The summed E-state index contributed by atoms with van der Waals surface area (Å²) < 4.78 is 49.9. The number of halogens is 3. The normalized spacial score (nSPS) is 15.8. The van der Waals surface area contributed by atoms with Crippen LogP contribution in [0.2, 0.25) is 0 Å². The predicted molar refractivity (Wildman–Crippen MR) is 143 cm³/mol. The molecule has 0 amide bonds. The number of aryl methyl sites for hydroxylation is 3. The molecule has 0 N–H and O–H groups in total. The number of nitrogens with zero attached hydrogens (tertiary/aromatic N) is 2. The van der Waals surface area contributed by atoms with Crippen molar-refractivity contribution in [1.82, 2.24) is 9.88 Å². The second kappa shape index (κ2) is 11.3. The smallest absolute Gasteiger partial charge is 0.433 e. The van der Waals surface area contributed by atoms with E-state index in [2.05, 4.69) is 17.1 Å². The lowest BCUT2D eigenvalue weighted by molar-refractivity contribution is -0.142. The van der Waals surface area contributed by atoms with Gasteiger partial charge in [-0.25, -0.2) is 4.98 Å². The van der Waals surface area contributed by atoms with E-state index in [4.69, 9.17) is 4.74 Å². The minimum Gasteiger partial charge on any atom is -0.491 e. The van der Waals surface area contributed by atoms with E-state index in [0.717, 1.165) is 36.0 Å². The third-order valence-corrected chi connectivity index (χ3v) is 7.25. The van der Waals surface area contributed by atoms with Gasteiger partial charge in [0.2, 0.25) is 0 Å². The fraction of sp³-hybridized carbons (Fsp3) is 0.452. The molecule has 0 radical (unpaired) electrons. The van der Waals surface area contributed by atoms with E-state index in [0.29, 0.717) is 18.5 Å². The minimum atomic E-state index is -4.61. The molecule has 4 rings (SSSR count). The first-order valence-electron chi connectivity index (χ1n) is 13.3. The molecule has 0 saturated heterocycles. The highest BCUT2D eigenvalue weighted by molar-refractivity contribution is 5.70. The molecule has 1 aliphatic carbocycles. The van der Waals surface area contributed by atoms with Gasteiger partial charge in [0.1, 0.15) is 5.75 Å². The standard InChI is InChI=1S/C31H37F3N2O/c1-6-21-13-10-14-22(7-2)29(21)26-18-28(37-20(3)4)25(30(35-26)31(32,33)34)19-36(5)27-17-11-15-23-12-8-9-16-24(23)27/h8-10,12-14,16,18,20,27H,6-7,11,15,17,19H2,1-5H3/t27-/m0/s1. The van der Waals surface area contributed by atoms with Crippen molar-refractivity contribution < 1.29 is 17.9 Å². The highest BCUT2D eigenvalue weighted by Gasteiger charge is 2.39. The fourth-order valence-electron chi connectivity index (χ4n) is 5.54. The van der Waals surface area contributed by atoms with Gasteiger partial charge < -0.3 is 4.74 Å². The maximum Gasteiger partial charge on any atom is 0.433 e. The highest BCUT2D eigenvalue weighted by Crippen LogP contribution is 2.42. The zero-order valence-corrected chi connectivity index (χ0v) is 22.5. The Hall–Kier alpha value is -2.86. The number of alkyl halides is 3. The quantitative estimate of drug-likeness (QED) is 0.305. The molecule has 6 heteroatoms. The van der Waals surface area contributed by atoms with E-state index in [-0.39, 0.29) is 30.0 Å². The van der Waals surface area contributed by atoms with Gasteiger partial charge in [0.15, 0.2) is 5.69 Å². The van der Waals surface area contributed by atoms with Gasteiger partial charge in [0.05, 0.1) is 11.8 Å². The summed E-state index contributed by atoms with van der Waals surface area (Å²) in [5, 5.41) is 0. The molecule has 1 aliphatic rings. The largest absolute Gasteiger partial charge is 0.491 e. The van der Waals surface area contributed by atoms with Crippen LogP contribution in [0.5, 0.6) is 5.75 Å². The van der Waals surface area contributed by atoms with Crippen LogP contribution in [0.3, 0.4) is 0 Å². The van der Waals surface area contributed by atoms with Crippen LogP contribution in [0.1, 0.15) is 80.1 Å². The van der Waals surface area contributed by atoms with Crippen LogP contribution in [-0.2, 0) is 32.0 Å². The van der Waals surface area contributed by atoms with Gasteiger partial charge in [0.25, 0.3) is 0 Å². The molecule has 0 spiro atoms. The third kappa shape index (κ3) is 5.85. The number of benzene rings is 2. The summed E-state index contributed by atoms with van der Waals surface area (Å²) in [6.07, 6.45) is -0.552. The number of ether oxygens (including phenoxy) is 1. The molecular weight excluding hydrogens is 473 g/mol. The zero-order valence-electron chi connectivity index (χ0n) is 22.5. The SMILES string of the molecule is CCc1cccc(CC)c1-c1cc(OC(C)C)c(CN(C)[C@H]2CCCc3ccccc32)c(C(F)(F)F)n1. The maximum atomic E-state index is 14.6. The molecule has 0 fully saturated rings. The molecule has 1 atom stereocenters. The van der Waals surface area contributed by atoms with Gasteiger partial charge in [-0.15, -0.1) is 0 Å². The van der Waals surface area contributed by atoms with E-state index in [1.165, 1.54) is 11.1 Å². The van der Waals surface area contributed by atoms with E-state index in [1.807, 2.05) is 70.0 Å². The summed E-state index contributed by atoms with van der Waals surface area (Å²) in [6.45, 7) is 7.81. The lowest BCUT2D eigenvalue weighted by atomic mass is 9.87. The molecule has 0 bridgehead atoms. The summed E-state index contributed by atoms with van der Waals surface area (Å²) in [4.78, 5) is 6.33. The Bertz CT molecular complexity index is 1210. The maximum absolute atomic E-state index is 14.6. The lowest BCUT2D eigenvalue weighted by Gasteiger charge is -2.34. The van der Waals surface area contributed by atoms with Crippen LogP contribution in [0.15, 0.2) is 48.5 Å². The van der Waals surface area contributed by atoms with Gasteiger partial charge >= 0.3 is 6.18 Å². The average molecular weight is 511 g/mol. The van der Waals surface area contributed by atoms with Gasteiger partial charge in [0, 0.05) is 29.8 Å². The summed E-state index contributed by atoms with van der Waals surface area (Å²) in [7, 11) is 1.90. The first kappa shape index (κ1) is 27.2. The van der Waals surface area contributed by atoms with Crippen molar-refractivity contribution in [3.8, 4) is 17.0 Å². The Kier molecular flexibility index (Phi) is 8.27. The van der Waals surface area contributed by atoms with Crippen molar-refractivity contribution in [1.29, 1.82) is 0 Å². The number of fused-ring (bicyclic) bond motifs is 1. The topological polar surface area (TPSA) is 25.4 Å². The molecule has 0 unspecified atom stereocenters. The van der Waals surface area contributed by atoms with Crippen LogP contribution < -0.4 is 4.74 Å². The van der Waals surface area contributed by atoms with Crippen LogP contribution >= 0.6 is 0 Å². The summed E-state index contributed by atoms with van der Waals surface area (Å²) >= 11 is 0. The van der Waals surface area contributed by atoms with Crippen LogP contribution in [-0.4, -0.2) is 23.0 Å². The van der Waals surface area contributed by atoms with Crippen LogP contribution in [0.25, 0.3) is 11.3 Å². The van der Waals surface area contributed by atoms with Crippen molar-refractivity contribution in [2.45, 2.75) is 84.7 Å². The highest BCUT2D eigenvalue weighted by atomic mass is 19.4. The molecule has 2 aromatic carbocycles. The summed E-state index contributed by atoms with van der Waals surface area (Å²) in [6, 6.07) is 15.9. The Labute approximate surface area is 218 Å². The monoisotopic (exact) mass is 510 g/mol. The van der Waals surface area contributed by atoms with Crippen molar-refractivity contribution in [3.63, 3.8) is 0 Å². The van der Waals surface area contributed by atoms with Gasteiger partial charge in [-0.3, -0.25) is 4.90 Å². The molecular formula is C31H37F3N2O. The first-order valence-corrected chi connectivity index (χ1v) is 13.3. The molecule has 1 aromatic heterocycles. The minimum absolute atomic E-state index is 0.0464. The second-order valence-corrected chi connectivity index (χ2v) is 10.2. The van der Waals surface area contributed by atoms with Crippen molar-refractivity contribution in [3.05, 3.63) is 82.0 Å². The Morgan fingerprint density at radius 3 is 2.32 bits per heavy atom. The van der Waals surface area contributed by atoms with E-state index in [1.54, 1.807) is 6.07 Å². The van der Waals surface area contributed by atoms with Gasteiger partial charge in [-0.2, -0.15) is 13.2 Å².